The molecule has 0 bridgehead atoms. The summed E-state index contributed by atoms with van der Waals surface area (Å²) in [4.78, 5) is 24.2. The van der Waals surface area contributed by atoms with Gasteiger partial charge in [0.1, 0.15) is 0 Å². The SMILES string of the molecule is COCCNC(=O)c1cccc(NC(=S)NC(=O)c2cccc(Br)c2)c1. The van der Waals surface area contributed by atoms with Crippen LogP contribution in [0.25, 0.3) is 0 Å². The Balaban J connectivity index is 1.95. The molecule has 0 atom stereocenters. The first-order chi connectivity index (χ1) is 12.5. The summed E-state index contributed by atoms with van der Waals surface area (Å²) in [6.07, 6.45) is 0. The molecule has 0 radical (unpaired) electrons. The molecule has 0 spiro atoms. The Kier molecular flexibility index (Phi) is 7.71. The van der Waals surface area contributed by atoms with Crippen LogP contribution in [0.2, 0.25) is 0 Å². The largest absolute Gasteiger partial charge is 0.383 e. The standard InChI is InChI=1S/C18H18BrN3O3S/c1-25-9-8-20-16(23)13-5-3-7-15(11-13)21-18(26)22-17(24)12-4-2-6-14(19)10-12/h2-7,10-11H,8-9H2,1H3,(H,20,23)(H2,21,22,24,26). The summed E-state index contributed by atoms with van der Waals surface area (Å²) in [6, 6.07) is 13.8. The van der Waals surface area contributed by atoms with E-state index in [1.54, 1.807) is 49.6 Å². The van der Waals surface area contributed by atoms with E-state index in [9.17, 15) is 9.59 Å². The number of carbonyl (C=O) groups excluding carboxylic acids is 2. The van der Waals surface area contributed by atoms with Gasteiger partial charge in [0, 0.05) is 34.9 Å². The molecule has 0 saturated heterocycles. The van der Waals surface area contributed by atoms with Crippen LogP contribution in [0.15, 0.2) is 53.0 Å². The van der Waals surface area contributed by atoms with Crippen LogP contribution in [-0.4, -0.2) is 37.2 Å². The third-order valence-electron chi connectivity index (χ3n) is 3.29. The lowest BCUT2D eigenvalue weighted by atomic mass is 10.2. The second-order valence-electron chi connectivity index (χ2n) is 5.25. The molecule has 2 aromatic carbocycles. The molecule has 0 heterocycles. The van der Waals surface area contributed by atoms with E-state index in [-0.39, 0.29) is 16.9 Å². The van der Waals surface area contributed by atoms with E-state index < -0.39 is 0 Å². The van der Waals surface area contributed by atoms with Gasteiger partial charge in [-0.15, -0.1) is 0 Å². The number of hydrogen-bond acceptors (Lipinski definition) is 4. The van der Waals surface area contributed by atoms with Gasteiger partial charge in [0.15, 0.2) is 5.11 Å². The van der Waals surface area contributed by atoms with Crippen LogP contribution >= 0.6 is 28.1 Å². The molecule has 0 saturated carbocycles. The minimum absolute atomic E-state index is 0.145. The molecule has 0 aliphatic carbocycles. The molecule has 136 valence electrons. The number of benzene rings is 2. The Hall–Kier alpha value is -2.29. The fourth-order valence-corrected chi connectivity index (χ4v) is 2.68. The molecular formula is C18H18BrN3O3S. The Morgan fingerprint density at radius 2 is 1.77 bits per heavy atom. The van der Waals surface area contributed by atoms with Crippen molar-refractivity contribution in [1.82, 2.24) is 10.6 Å². The monoisotopic (exact) mass is 435 g/mol. The van der Waals surface area contributed by atoms with E-state index in [1.807, 2.05) is 6.07 Å². The lowest BCUT2D eigenvalue weighted by Crippen LogP contribution is -2.34. The van der Waals surface area contributed by atoms with Crippen LogP contribution in [-0.2, 0) is 4.74 Å². The molecule has 3 N–H and O–H groups in total. The minimum atomic E-state index is -0.322. The first-order valence-corrected chi connectivity index (χ1v) is 8.95. The Morgan fingerprint density at radius 3 is 2.46 bits per heavy atom. The van der Waals surface area contributed by atoms with Gasteiger partial charge in [-0.2, -0.15) is 0 Å². The third-order valence-corrected chi connectivity index (χ3v) is 3.99. The molecular weight excluding hydrogens is 418 g/mol. The second kappa shape index (κ2) is 10.0. The molecule has 2 rings (SSSR count). The van der Waals surface area contributed by atoms with Crippen molar-refractivity contribution < 1.29 is 14.3 Å². The number of ether oxygens (including phenoxy) is 1. The average molecular weight is 436 g/mol. The van der Waals surface area contributed by atoms with Gasteiger partial charge in [0.25, 0.3) is 11.8 Å². The Bertz CT molecular complexity index is 814. The fourth-order valence-electron chi connectivity index (χ4n) is 2.07. The summed E-state index contributed by atoms with van der Waals surface area (Å²) in [5, 5.41) is 8.39. The van der Waals surface area contributed by atoms with Gasteiger partial charge in [-0.05, 0) is 48.6 Å². The minimum Gasteiger partial charge on any atom is -0.383 e. The molecule has 26 heavy (non-hydrogen) atoms. The number of anilines is 1. The summed E-state index contributed by atoms with van der Waals surface area (Å²) in [7, 11) is 1.57. The van der Waals surface area contributed by atoms with Crippen molar-refractivity contribution in [2.75, 3.05) is 25.6 Å². The maximum absolute atomic E-state index is 12.2. The van der Waals surface area contributed by atoms with Crippen molar-refractivity contribution in [3.63, 3.8) is 0 Å². The van der Waals surface area contributed by atoms with Crippen LogP contribution in [0.4, 0.5) is 5.69 Å². The Labute approximate surface area is 165 Å². The lowest BCUT2D eigenvalue weighted by molar-refractivity contribution is 0.0935. The van der Waals surface area contributed by atoms with E-state index in [0.717, 1.165) is 4.47 Å². The smallest absolute Gasteiger partial charge is 0.257 e. The molecule has 0 aliphatic heterocycles. The van der Waals surface area contributed by atoms with Crippen molar-refractivity contribution in [1.29, 1.82) is 0 Å². The van der Waals surface area contributed by atoms with E-state index in [1.165, 1.54) is 0 Å². The van der Waals surface area contributed by atoms with Crippen LogP contribution in [0, 0.1) is 0 Å². The van der Waals surface area contributed by atoms with Gasteiger partial charge in [-0.25, -0.2) is 0 Å². The zero-order valence-corrected chi connectivity index (χ0v) is 16.4. The normalized spacial score (nSPS) is 10.1. The number of halogens is 1. The number of methoxy groups -OCH3 is 1. The predicted molar refractivity (Wildman–Crippen MR) is 108 cm³/mol. The summed E-state index contributed by atoms with van der Waals surface area (Å²) in [6.45, 7) is 0.865. The summed E-state index contributed by atoms with van der Waals surface area (Å²) in [5.74, 6) is -0.535. The maximum atomic E-state index is 12.2. The van der Waals surface area contributed by atoms with Gasteiger partial charge < -0.3 is 15.4 Å². The third kappa shape index (κ3) is 6.21. The number of hydrogen-bond donors (Lipinski definition) is 3. The van der Waals surface area contributed by atoms with Crippen LogP contribution < -0.4 is 16.0 Å². The highest BCUT2D eigenvalue weighted by atomic mass is 79.9. The highest BCUT2D eigenvalue weighted by molar-refractivity contribution is 9.10. The molecule has 0 aromatic heterocycles. The molecule has 0 unspecified atom stereocenters. The van der Waals surface area contributed by atoms with Gasteiger partial charge in [0.05, 0.1) is 6.61 Å². The highest BCUT2D eigenvalue weighted by Gasteiger charge is 2.10. The molecule has 0 fully saturated rings. The first-order valence-electron chi connectivity index (χ1n) is 7.74. The molecule has 8 heteroatoms. The zero-order chi connectivity index (χ0) is 18.9. The predicted octanol–water partition coefficient (Wildman–Crippen LogP) is 2.95. The highest BCUT2D eigenvalue weighted by Crippen LogP contribution is 2.12. The quantitative estimate of drug-likeness (QED) is 0.480. The zero-order valence-electron chi connectivity index (χ0n) is 14.0. The van der Waals surface area contributed by atoms with E-state index in [4.69, 9.17) is 17.0 Å². The molecule has 2 aromatic rings. The summed E-state index contributed by atoms with van der Waals surface area (Å²) in [5.41, 5.74) is 1.56. The van der Waals surface area contributed by atoms with Crippen molar-refractivity contribution in [2.24, 2.45) is 0 Å². The first kappa shape index (κ1) is 20.0. The van der Waals surface area contributed by atoms with Gasteiger partial charge in [-0.1, -0.05) is 28.1 Å². The molecule has 6 nitrogen and oxygen atoms in total. The number of thiocarbonyl (C=S) groups is 1. The summed E-state index contributed by atoms with van der Waals surface area (Å²) >= 11 is 8.49. The van der Waals surface area contributed by atoms with E-state index in [0.29, 0.717) is 30.0 Å². The average Bonchev–Trinajstić information content (AvgIpc) is 2.62. The molecule has 2 amide bonds. The maximum Gasteiger partial charge on any atom is 0.257 e. The van der Waals surface area contributed by atoms with Gasteiger partial charge in [0.2, 0.25) is 0 Å². The molecule has 0 aliphatic rings. The van der Waals surface area contributed by atoms with E-state index in [2.05, 4.69) is 31.9 Å². The van der Waals surface area contributed by atoms with E-state index >= 15 is 0 Å². The number of nitrogens with one attached hydrogen (secondary N) is 3. The van der Waals surface area contributed by atoms with Gasteiger partial charge >= 0.3 is 0 Å². The number of carbonyl (C=O) groups is 2. The fraction of sp³-hybridized carbons (Fsp3) is 0.167. The van der Waals surface area contributed by atoms with Crippen molar-refractivity contribution in [3.05, 3.63) is 64.1 Å². The van der Waals surface area contributed by atoms with Crippen molar-refractivity contribution >= 4 is 50.8 Å². The van der Waals surface area contributed by atoms with Crippen LogP contribution in [0.1, 0.15) is 20.7 Å². The van der Waals surface area contributed by atoms with Crippen molar-refractivity contribution in [3.8, 4) is 0 Å². The van der Waals surface area contributed by atoms with Crippen LogP contribution in [0.3, 0.4) is 0 Å². The van der Waals surface area contributed by atoms with Gasteiger partial charge in [-0.3, -0.25) is 14.9 Å². The second-order valence-corrected chi connectivity index (χ2v) is 6.57. The van der Waals surface area contributed by atoms with Crippen molar-refractivity contribution in [2.45, 2.75) is 0 Å². The topological polar surface area (TPSA) is 79.5 Å². The summed E-state index contributed by atoms with van der Waals surface area (Å²) < 4.78 is 5.70. The number of amides is 2. The number of rotatable bonds is 6. The lowest BCUT2D eigenvalue weighted by Gasteiger charge is -2.11. The van der Waals surface area contributed by atoms with Crippen LogP contribution in [0.5, 0.6) is 0 Å². The Morgan fingerprint density at radius 1 is 1.08 bits per heavy atom.